The summed E-state index contributed by atoms with van der Waals surface area (Å²) in [6.07, 6.45) is 1.86. The second-order valence-corrected chi connectivity index (χ2v) is 4.60. The molecule has 0 fully saturated rings. The van der Waals surface area contributed by atoms with E-state index in [-0.39, 0.29) is 0 Å². The molecule has 0 amide bonds. The van der Waals surface area contributed by atoms with E-state index in [0.29, 0.717) is 0 Å². The molecule has 4 nitrogen and oxygen atoms in total. The van der Waals surface area contributed by atoms with Crippen molar-refractivity contribution in [2.45, 2.75) is 6.92 Å². The summed E-state index contributed by atoms with van der Waals surface area (Å²) in [5, 5.41) is 10.4. The molecule has 80 valence electrons. The summed E-state index contributed by atoms with van der Waals surface area (Å²) in [7, 11) is 0. The van der Waals surface area contributed by atoms with Crippen LogP contribution in [0.2, 0.25) is 0 Å². The Morgan fingerprint density at radius 1 is 1.38 bits per heavy atom. The lowest BCUT2D eigenvalue weighted by Gasteiger charge is -2.01. The van der Waals surface area contributed by atoms with Gasteiger partial charge in [-0.15, -0.1) is 21.5 Å². The van der Waals surface area contributed by atoms with Crippen LogP contribution in [0.25, 0.3) is 16.3 Å². The fraction of sp³-hybridized carbons (Fsp3) is 0.0909. The fourth-order valence-corrected chi connectivity index (χ4v) is 2.46. The van der Waals surface area contributed by atoms with Gasteiger partial charge in [-0.05, 0) is 30.0 Å². The van der Waals surface area contributed by atoms with E-state index in [2.05, 4.69) is 10.2 Å². The van der Waals surface area contributed by atoms with Gasteiger partial charge in [-0.3, -0.25) is 4.40 Å². The van der Waals surface area contributed by atoms with Crippen LogP contribution >= 0.6 is 11.3 Å². The smallest absolute Gasteiger partial charge is 0.178 e. The first-order valence-corrected chi connectivity index (χ1v) is 5.78. The molecule has 0 bridgehead atoms. The minimum absolute atomic E-state index is 0.725. The summed E-state index contributed by atoms with van der Waals surface area (Å²) in [6, 6.07) is 5.93. The number of hydrogen-bond donors (Lipinski definition) is 1. The van der Waals surface area contributed by atoms with E-state index >= 15 is 0 Å². The monoisotopic (exact) mass is 230 g/mol. The third kappa shape index (κ3) is 1.29. The van der Waals surface area contributed by atoms with Crippen LogP contribution < -0.4 is 5.73 Å². The van der Waals surface area contributed by atoms with Crippen LogP contribution in [0.4, 0.5) is 5.69 Å². The maximum Gasteiger partial charge on any atom is 0.178 e. The van der Waals surface area contributed by atoms with Crippen LogP contribution in [0.1, 0.15) is 5.56 Å². The fourth-order valence-electron chi connectivity index (χ4n) is 1.76. The molecule has 0 atom stereocenters. The highest BCUT2D eigenvalue weighted by atomic mass is 32.1. The van der Waals surface area contributed by atoms with E-state index in [1.165, 1.54) is 0 Å². The number of nitrogens with two attached hydrogens (primary N) is 1. The van der Waals surface area contributed by atoms with E-state index in [1.807, 2.05) is 41.1 Å². The Labute approximate surface area is 96.4 Å². The summed E-state index contributed by atoms with van der Waals surface area (Å²) in [5.74, 6) is 0.848. The first-order chi connectivity index (χ1) is 7.75. The molecule has 2 N–H and O–H groups in total. The number of nitrogens with zero attached hydrogens (tertiary/aromatic N) is 3. The zero-order valence-corrected chi connectivity index (χ0v) is 9.53. The molecule has 3 aromatic heterocycles. The van der Waals surface area contributed by atoms with E-state index in [0.717, 1.165) is 27.6 Å². The molecule has 0 aliphatic rings. The van der Waals surface area contributed by atoms with Gasteiger partial charge in [0.25, 0.3) is 0 Å². The molecule has 0 unspecified atom stereocenters. The van der Waals surface area contributed by atoms with Gasteiger partial charge in [0.2, 0.25) is 0 Å². The minimum atomic E-state index is 0.725. The predicted molar refractivity (Wildman–Crippen MR) is 65.4 cm³/mol. The van der Waals surface area contributed by atoms with Crippen molar-refractivity contribution in [3.8, 4) is 10.7 Å². The molecule has 0 aliphatic carbocycles. The standard InChI is InChI=1S/C11H10N4S/c1-7-5-8(12)6-15-10(7)13-14-11(15)9-3-2-4-16-9/h2-6H,12H2,1H3. The van der Waals surface area contributed by atoms with Crippen LogP contribution in [-0.2, 0) is 0 Å². The van der Waals surface area contributed by atoms with Crippen molar-refractivity contribution in [3.05, 3.63) is 35.3 Å². The summed E-state index contributed by atoms with van der Waals surface area (Å²) in [6.45, 7) is 1.98. The number of thiophene rings is 1. The van der Waals surface area contributed by atoms with Crippen molar-refractivity contribution in [3.63, 3.8) is 0 Å². The highest BCUT2D eigenvalue weighted by Crippen LogP contribution is 2.25. The van der Waals surface area contributed by atoms with E-state index in [1.54, 1.807) is 11.3 Å². The predicted octanol–water partition coefficient (Wildman–Crippen LogP) is 2.35. The topological polar surface area (TPSA) is 56.2 Å². The molecular weight excluding hydrogens is 220 g/mol. The Bertz CT molecular complexity index is 639. The molecule has 0 aromatic carbocycles. The zero-order chi connectivity index (χ0) is 11.1. The van der Waals surface area contributed by atoms with Gasteiger partial charge in [0.15, 0.2) is 11.5 Å². The zero-order valence-electron chi connectivity index (χ0n) is 8.71. The summed E-state index contributed by atoms with van der Waals surface area (Å²) in [5.41, 5.74) is 8.45. The average molecular weight is 230 g/mol. The third-order valence-electron chi connectivity index (χ3n) is 2.45. The molecular formula is C11H10N4S. The third-order valence-corrected chi connectivity index (χ3v) is 3.32. The SMILES string of the molecule is Cc1cc(N)cn2c(-c3cccs3)nnc12. The molecule has 0 aliphatic heterocycles. The number of pyridine rings is 1. The maximum atomic E-state index is 5.83. The number of anilines is 1. The summed E-state index contributed by atoms with van der Waals surface area (Å²) in [4.78, 5) is 1.09. The second kappa shape index (κ2) is 3.31. The molecule has 0 radical (unpaired) electrons. The number of hydrogen-bond acceptors (Lipinski definition) is 4. The number of fused-ring (bicyclic) bond motifs is 1. The van der Waals surface area contributed by atoms with Crippen molar-refractivity contribution in [2.24, 2.45) is 0 Å². The number of nitrogen functional groups attached to an aromatic ring is 1. The van der Waals surface area contributed by atoms with Crippen molar-refractivity contribution >= 4 is 22.7 Å². The van der Waals surface area contributed by atoms with Crippen LogP contribution in [-0.4, -0.2) is 14.6 Å². The molecule has 0 spiro atoms. The summed E-state index contributed by atoms with van der Waals surface area (Å²) < 4.78 is 1.94. The first kappa shape index (κ1) is 9.35. The van der Waals surface area contributed by atoms with Gasteiger partial charge >= 0.3 is 0 Å². The number of aromatic nitrogens is 3. The lowest BCUT2D eigenvalue weighted by atomic mass is 10.3. The van der Waals surface area contributed by atoms with Crippen LogP contribution in [0.5, 0.6) is 0 Å². The molecule has 3 aromatic rings. The van der Waals surface area contributed by atoms with Gasteiger partial charge in [-0.1, -0.05) is 6.07 Å². The minimum Gasteiger partial charge on any atom is -0.398 e. The van der Waals surface area contributed by atoms with Gasteiger partial charge in [-0.25, -0.2) is 0 Å². The molecule has 3 rings (SSSR count). The molecule has 0 saturated heterocycles. The highest BCUT2D eigenvalue weighted by molar-refractivity contribution is 7.13. The quantitative estimate of drug-likeness (QED) is 0.698. The lowest BCUT2D eigenvalue weighted by molar-refractivity contribution is 1.12. The second-order valence-electron chi connectivity index (χ2n) is 3.65. The Kier molecular flexibility index (Phi) is 1.94. The molecule has 5 heteroatoms. The van der Waals surface area contributed by atoms with Crippen molar-refractivity contribution in [1.29, 1.82) is 0 Å². The van der Waals surface area contributed by atoms with Crippen LogP contribution in [0.3, 0.4) is 0 Å². The Morgan fingerprint density at radius 3 is 3.00 bits per heavy atom. The van der Waals surface area contributed by atoms with Gasteiger partial charge in [0.05, 0.1) is 4.88 Å². The molecule has 3 heterocycles. The Balaban J connectivity index is 2.35. The summed E-state index contributed by atoms with van der Waals surface area (Å²) >= 11 is 1.64. The highest BCUT2D eigenvalue weighted by Gasteiger charge is 2.10. The average Bonchev–Trinajstić information content (AvgIpc) is 2.83. The van der Waals surface area contributed by atoms with Gasteiger partial charge in [0.1, 0.15) is 0 Å². The largest absolute Gasteiger partial charge is 0.398 e. The van der Waals surface area contributed by atoms with E-state index < -0.39 is 0 Å². The van der Waals surface area contributed by atoms with Gasteiger partial charge in [-0.2, -0.15) is 0 Å². The number of rotatable bonds is 1. The van der Waals surface area contributed by atoms with Gasteiger partial charge in [0, 0.05) is 11.9 Å². The number of aryl methyl sites for hydroxylation is 1. The molecule has 0 saturated carbocycles. The van der Waals surface area contributed by atoms with Crippen LogP contribution in [0, 0.1) is 6.92 Å². The van der Waals surface area contributed by atoms with Crippen molar-refractivity contribution in [1.82, 2.24) is 14.6 Å². The van der Waals surface area contributed by atoms with Crippen molar-refractivity contribution in [2.75, 3.05) is 5.73 Å². The Hall–Kier alpha value is -1.88. The van der Waals surface area contributed by atoms with Gasteiger partial charge < -0.3 is 5.73 Å². The normalized spacial score (nSPS) is 11.1. The first-order valence-electron chi connectivity index (χ1n) is 4.90. The molecule has 16 heavy (non-hydrogen) atoms. The van der Waals surface area contributed by atoms with Crippen LogP contribution in [0.15, 0.2) is 29.8 Å². The van der Waals surface area contributed by atoms with E-state index in [9.17, 15) is 0 Å². The van der Waals surface area contributed by atoms with Crippen molar-refractivity contribution < 1.29 is 0 Å². The van der Waals surface area contributed by atoms with E-state index in [4.69, 9.17) is 5.73 Å². The Morgan fingerprint density at radius 2 is 2.25 bits per heavy atom. The lowest BCUT2D eigenvalue weighted by Crippen LogP contribution is -1.94. The maximum absolute atomic E-state index is 5.83.